The van der Waals surface area contributed by atoms with Crippen LogP contribution in [0.25, 0.3) is 11.2 Å². The SMILES string of the molecule is CCCCn1cnc2nc(Cl)nc(NC3CC3)c21. The van der Waals surface area contributed by atoms with Gasteiger partial charge in [0.05, 0.1) is 6.33 Å². The van der Waals surface area contributed by atoms with Crippen molar-refractivity contribution < 1.29 is 0 Å². The van der Waals surface area contributed by atoms with Crippen LogP contribution < -0.4 is 5.32 Å². The van der Waals surface area contributed by atoms with Gasteiger partial charge < -0.3 is 9.88 Å². The summed E-state index contributed by atoms with van der Waals surface area (Å²) in [5.41, 5.74) is 1.65. The van der Waals surface area contributed by atoms with Crippen LogP contribution in [-0.2, 0) is 6.54 Å². The molecule has 2 heterocycles. The standard InChI is InChI=1S/C12H16ClN5/c1-2-3-6-18-7-14-10-9(18)11(15-8-4-5-8)17-12(13)16-10/h7-8H,2-6H2,1H3,(H,15,16,17). The van der Waals surface area contributed by atoms with Crippen LogP contribution >= 0.6 is 11.6 Å². The highest BCUT2D eigenvalue weighted by Gasteiger charge is 2.24. The number of unbranched alkanes of at least 4 members (excludes halogenated alkanes) is 1. The Kier molecular flexibility index (Phi) is 3.07. The Morgan fingerprint density at radius 2 is 2.28 bits per heavy atom. The summed E-state index contributed by atoms with van der Waals surface area (Å²) in [7, 11) is 0. The average molecular weight is 266 g/mol. The number of nitrogens with one attached hydrogen (secondary N) is 1. The largest absolute Gasteiger partial charge is 0.365 e. The van der Waals surface area contributed by atoms with E-state index in [1.807, 2.05) is 6.33 Å². The van der Waals surface area contributed by atoms with Gasteiger partial charge in [-0.1, -0.05) is 13.3 Å². The highest BCUT2D eigenvalue weighted by atomic mass is 35.5. The molecule has 5 nitrogen and oxygen atoms in total. The van der Waals surface area contributed by atoms with Gasteiger partial charge in [-0.05, 0) is 30.9 Å². The van der Waals surface area contributed by atoms with Crippen LogP contribution in [0.3, 0.4) is 0 Å². The normalized spacial score (nSPS) is 15.2. The van der Waals surface area contributed by atoms with Crippen molar-refractivity contribution in [3.8, 4) is 0 Å². The van der Waals surface area contributed by atoms with Gasteiger partial charge in [0, 0.05) is 12.6 Å². The molecule has 96 valence electrons. The van der Waals surface area contributed by atoms with Crippen molar-refractivity contribution in [2.75, 3.05) is 5.32 Å². The maximum atomic E-state index is 5.93. The predicted octanol–water partition coefficient (Wildman–Crippen LogP) is 2.85. The van der Waals surface area contributed by atoms with E-state index >= 15 is 0 Å². The first-order valence-electron chi connectivity index (χ1n) is 6.43. The number of rotatable bonds is 5. The number of aryl methyl sites for hydroxylation is 1. The Morgan fingerprint density at radius 1 is 1.44 bits per heavy atom. The summed E-state index contributed by atoms with van der Waals surface area (Å²) < 4.78 is 2.11. The minimum absolute atomic E-state index is 0.256. The van der Waals surface area contributed by atoms with E-state index in [1.54, 1.807) is 0 Å². The molecule has 0 aliphatic heterocycles. The van der Waals surface area contributed by atoms with Crippen LogP contribution in [0.2, 0.25) is 5.28 Å². The Hall–Kier alpha value is -1.36. The van der Waals surface area contributed by atoms with Crippen molar-refractivity contribution in [3.63, 3.8) is 0 Å². The molecule has 0 atom stereocenters. The molecule has 1 aliphatic carbocycles. The molecule has 0 radical (unpaired) electrons. The lowest BCUT2D eigenvalue weighted by Gasteiger charge is -2.08. The first kappa shape index (κ1) is 11.7. The molecule has 1 aliphatic rings. The summed E-state index contributed by atoms with van der Waals surface area (Å²) in [5.74, 6) is 0.820. The fourth-order valence-corrected chi connectivity index (χ4v) is 2.14. The molecule has 0 amide bonds. The summed E-state index contributed by atoms with van der Waals surface area (Å²) in [5, 5.41) is 3.66. The second-order valence-corrected chi connectivity index (χ2v) is 5.06. The van der Waals surface area contributed by atoms with Gasteiger partial charge in [0.15, 0.2) is 11.5 Å². The van der Waals surface area contributed by atoms with Crippen LogP contribution in [-0.4, -0.2) is 25.6 Å². The molecule has 1 N–H and O–H groups in total. The number of nitrogens with zero attached hydrogens (tertiary/aromatic N) is 4. The number of fused-ring (bicyclic) bond motifs is 1. The maximum absolute atomic E-state index is 5.93. The first-order valence-corrected chi connectivity index (χ1v) is 6.80. The first-order chi connectivity index (χ1) is 8.78. The molecule has 2 aromatic heterocycles. The average Bonchev–Trinajstić information content (AvgIpc) is 3.06. The molecule has 2 aromatic rings. The molecule has 0 bridgehead atoms. The van der Waals surface area contributed by atoms with Crippen LogP contribution in [0.5, 0.6) is 0 Å². The lowest BCUT2D eigenvalue weighted by Crippen LogP contribution is -2.07. The Morgan fingerprint density at radius 3 is 3.00 bits per heavy atom. The van der Waals surface area contributed by atoms with Gasteiger partial charge >= 0.3 is 0 Å². The van der Waals surface area contributed by atoms with E-state index in [0.717, 1.165) is 30.7 Å². The fraction of sp³-hybridized carbons (Fsp3) is 0.583. The molecular formula is C12H16ClN5. The van der Waals surface area contributed by atoms with Gasteiger partial charge in [0.2, 0.25) is 5.28 Å². The molecule has 0 saturated heterocycles. The van der Waals surface area contributed by atoms with Gasteiger partial charge in [-0.3, -0.25) is 0 Å². The Balaban J connectivity index is 2.02. The third-order valence-electron chi connectivity index (χ3n) is 3.12. The molecule has 0 unspecified atom stereocenters. The van der Waals surface area contributed by atoms with Crippen molar-refractivity contribution in [1.29, 1.82) is 0 Å². The number of hydrogen-bond acceptors (Lipinski definition) is 4. The van der Waals surface area contributed by atoms with E-state index in [1.165, 1.54) is 12.8 Å². The minimum Gasteiger partial charge on any atom is -0.365 e. The van der Waals surface area contributed by atoms with E-state index in [2.05, 4.69) is 31.8 Å². The van der Waals surface area contributed by atoms with Crippen LogP contribution in [0.15, 0.2) is 6.33 Å². The number of imidazole rings is 1. The monoisotopic (exact) mass is 265 g/mol. The Labute approximate surface area is 111 Å². The van der Waals surface area contributed by atoms with E-state index in [-0.39, 0.29) is 5.28 Å². The molecule has 1 fully saturated rings. The summed E-state index contributed by atoms with van der Waals surface area (Å²) in [6.07, 6.45) is 6.50. The zero-order valence-electron chi connectivity index (χ0n) is 10.4. The number of aromatic nitrogens is 4. The summed E-state index contributed by atoms with van der Waals surface area (Å²) in [6, 6.07) is 0.536. The zero-order chi connectivity index (χ0) is 12.5. The molecule has 1 saturated carbocycles. The van der Waals surface area contributed by atoms with E-state index in [9.17, 15) is 0 Å². The Bertz CT molecular complexity index is 561. The molecule has 18 heavy (non-hydrogen) atoms. The smallest absolute Gasteiger partial charge is 0.226 e. The zero-order valence-corrected chi connectivity index (χ0v) is 11.1. The topological polar surface area (TPSA) is 55.6 Å². The van der Waals surface area contributed by atoms with Gasteiger partial charge in [-0.2, -0.15) is 9.97 Å². The lowest BCUT2D eigenvalue weighted by atomic mass is 10.3. The van der Waals surface area contributed by atoms with Crippen molar-refractivity contribution in [1.82, 2.24) is 19.5 Å². The van der Waals surface area contributed by atoms with E-state index < -0.39 is 0 Å². The van der Waals surface area contributed by atoms with E-state index in [4.69, 9.17) is 11.6 Å². The van der Waals surface area contributed by atoms with Crippen LogP contribution in [0.4, 0.5) is 5.82 Å². The van der Waals surface area contributed by atoms with Gasteiger partial charge in [-0.25, -0.2) is 4.98 Å². The second kappa shape index (κ2) is 4.72. The molecule has 0 spiro atoms. The molecular weight excluding hydrogens is 250 g/mol. The van der Waals surface area contributed by atoms with Crippen molar-refractivity contribution in [2.24, 2.45) is 0 Å². The van der Waals surface area contributed by atoms with E-state index in [0.29, 0.717) is 11.7 Å². The van der Waals surface area contributed by atoms with Crippen molar-refractivity contribution >= 4 is 28.6 Å². The second-order valence-electron chi connectivity index (χ2n) is 4.72. The van der Waals surface area contributed by atoms with Crippen molar-refractivity contribution in [2.45, 2.75) is 45.2 Å². The van der Waals surface area contributed by atoms with Crippen molar-refractivity contribution in [3.05, 3.63) is 11.6 Å². The predicted molar refractivity (Wildman–Crippen MR) is 71.9 cm³/mol. The van der Waals surface area contributed by atoms with Crippen LogP contribution in [0, 0.1) is 0 Å². The van der Waals surface area contributed by atoms with Gasteiger partial charge in [0.25, 0.3) is 0 Å². The summed E-state index contributed by atoms with van der Waals surface area (Å²) in [6.45, 7) is 3.12. The fourth-order valence-electron chi connectivity index (χ4n) is 1.97. The quantitative estimate of drug-likeness (QED) is 0.845. The molecule has 0 aromatic carbocycles. The van der Waals surface area contributed by atoms with Crippen LogP contribution in [0.1, 0.15) is 32.6 Å². The third-order valence-corrected chi connectivity index (χ3v) is 3.28. The minimum atomic E-state index is 0.256. The maximum Gasteiger partial charge on any atom is 0.226 e. The summed E-state index contributed by atoms with van der Waals surface area (Å²) in [4.78, 5) is 12.8. The third kappa shape index (κ3) is 2.27. The number of anilines is 1. The molecule has 6 heteroatoms. The number of hydrogen-bond donors (Lipinski definition) is 1. The van der Waals surface area contributed by atoms with Gasteiger partial charge in [0.1, 0.15) is 5.52 Å². The highest BCUT2D eigenvalue weighted by Crippen LogP contribution is 2.28. The highest BCUT2D eigenvalue weighted by molar-refractivity contribution is 6.28. The summed E-state index contributed by atoms with van der Waals surface area (Å²) >= 11 is 5.93. The lowest BCUT2D eigenvalue weighted by molar-refractivity contribution is 0.645. The van der Waals surface area contributed by atoms with Gasteiger partial charge in [-0.15, -0.1) is 0 Å². The number of halogens is 1. The molecule has 3 rings (SSSR count).